The van der Waals surface area contributed by atoms with Gasteiger partial charge in [0.15, 0.2) is 11.5 Å². The second kappa shape index (κ2) is 5.87. The molecule has 3 rings (SSSR count). The molecule has 3 N–H and O–H groups in total. The molecule has 6 nitrogen and oxygen atoms in total. The monoisotopic (exact) mass is 286 g/mol. The molecule has 0 saturated heterocycles. The molecule has 21 heavy (non-hydrogen) atoms. The molecule has 0 spiro atoms. The summed E-state index contributed by atoms with van der Waals surface area (Å²) in [5.41, 5.74) is 6.66. The third-order valence-electron chi connectivity index (χ3n) is 3.13. The number of ether oxygens (including phenoxy) is 2. The predicted octanol–water partition coefficient (Wildman–Crippen LogP) is 2.53. The Morgan fingerprint density at radius 2 is 1.95 bits per heavy atom. The normalized spacial score (nSPS) is 13.6. The lowest BCUT2D eigenvalue weighted by Crippen LogP contribution is -2.03. The maximum absolute atomic E-state index is 5.78. The molecule has 0 bridgehead atoms. The number of hydrogen-bond acceptors (Lipinski definition) is 6. The SMILES string of the molecule is CCc1nc(N)cc(Nc2ccc3c(c2)OCCCO3)n1. The van der Waals surface area contributed by atoms with Gasteiger partial charge < -0.3 is 20.5 Å². The highest BCUT2D eigenvalue weighted by Crippen LogP contribution is 2.33. The van der Waals surface area contributed by atoms with Crippen molar-refractivity contribution in [2.75, 3.05) is 24.3 Å². The van der Waals surface area contributed by atoms with Gasteiger partial charge in [0.05, 0.1) is 13.2 Å². The van der Waals surface area contributed by atoms with Gasteiger partial charge in [-0.15, -0.1) is 0 Å². The van der Waals surface area contributed by atoms with E-state index in [1.807, 2.05) is 25.1 Å². The van der Waals surface area contributed by atoms with Crippen LogP contribution in [0.25, 0.3) is 0 Å². The van der Waals surface area contributed by atoms with Crippen molar-refractivity contribution < 1.29 is 9.47 Å². The van der Waals surface area contributed by atoms with Crippen molar-refractivity contribution in [2.24, 2.45) is 0 Å². The first-order valence-corrected chi connectivity index (χ1v) is 7.04. The van der Waals surface area contributed by atoms with E-state index in [1.165, 1.54) is 0 Å². The summed E-state index contributed by atoms with van der Waals surface area (Å²) in [4.78, 5) is 8.56. The third-order valence-corrected chi connectivity index (χ3v) is 3.13. The van der Waals surface area contributed by atoms with Gasteiger partial charge in [0, 0.05) is 30.7 Å². The highest BCUT2D eigenvalue weighted by atomic mass is 16.5. The molecule has 1 aliphatic rings. The fourth-order valence-electron chi connectivity index (χ4n) is 2.13. The summed E-state index contributed by atoms with van der Waals surface area (Å²) in [6.07, 6.45) is 1.63. The van der Waals surface area contributed by atoms with Crippen molar-refractivity contribution in [1.29, 1.82) is 0 Å². The second-order valence-electron chi connectivity index (χ2n) is 4.78. The number of nitrogens with one attached hydrogen (secondary N) is 1. The summed E-state index contributed by atoms with van der Waals surface area (Å²) in [6, 6.07) is 7.44. The molecule has 1 aliphatic heterocycles. The first-order valence-electron chi connectivity index (χ1n) is 7.04. The summed E-state index contributed by atoms with van der Waals surface area (Å²) in [7, 11) is 0. The van der Waals surface area contributed by atoms with E-state index >= 15 is 0 Å². The van der Waals surface area contributed by atoms with Crippen molar-refractivity contribution >= 4 is 17.3 Å². The number of anilines is 3. The number of nitrogen functional groups attached to an aromatic ring is 1. The van der Waals surface area contributed by atoms with E-state index in [1.54, 1.807) is 6.07 Å². The Labute approximate surface area is 123 Å². The van der Waals surface area contributed by atoms with Crippen LogP contribution in [0.3, 0.4) is 0 Å². The van der Waals surface area contributed by atoms with Crippen LogP contribution in [0.5, 0.6) is 11.5 Å². The molecule has 1 aromatic carbocycles. The van der Waals surface area contributed by atoms with E-state index < -0.39 is 0 Å². The van der Waals surface area contributed by atoms with Crippen LogP contribution in [-0.2, 0) is 6.42 Å². The average Bonchev–Trinajstić information content (AvgIpc) is 2.71. The number of nitrogens with two attached hydrogens (primary N) is 1. The molecule has 0 aliphatic carbocycles. The number of rotatable bonds is 3. The van der Waals surface area contributed by atoms with Gasteiger partial charge in [0.2, 0.25) is 0 Å². The highest BCUT2D eigenvalue weighted by Gasteiger charge is 2.11. The van der Waals surface area contributed by atoms with E-state index in [0.29, 0.717) is 30.7 Å². The van der Waals surface area contributed by atoms with E-state index in [4.69, 9.17) is 15.2 Å². The topological polar surface area (TPSA) is 82.3 Å². The Bertz CT molecular complexity index is 646. The van der Waals surface area contributed by atoms with Gasteiger partial charge in [-0.05, 0) is 12.1 Å². The molecule has 0 atom stereocenters. The standard InChI is InChI=1S/C15H18N4O2/c1-2-14-18-13(16)9-15(19-14)17-10-4-5-11-12(8-10)21-7-3-6-20-11/h4-5,8-9H,2-3,6-7H2,1H3,(H3,16,17,18,19). The summed E-state index contributed by atoms with van der Waals surface area (Å²) >= 11 is 0. The molecule has 2 aromatic rings. The smallest absolute Gasteiger partial charge is 0.163 e. The van der Waals surface area contributed by atoms with Crippen molar-refractivity contribution in [3.63, 3.8) is 0 Å². The molecular weight excluding hydrogens is 268 g/mol. The zero-order valence-corrected chi connectivity index (χ0v) is 11.9. The quantitative estimate of drug-likeness (QED) is 0.902. The van der Waals surface area contributed by atoms with Crippen LogP contribution in [0.15, 0.2) is 24.3 Å². The lowest BCUT2D eigenvalue weighted by Gasteiger charge is -2.11. The van der Waals surface area contributed by atoms with Crippen LogP contribution < -0.4 is 20.5 Å². The number of hydrogen-bond donors (Lipinski definition) is 2. The largest absolute Gasteiger partial charge is 0.490 e. The van der Waals surface area contributed by atoms with E-state index in [9.17, 15) is 0 Å². The summed E-state index contributed by atoms with van der Waals surface area (Å²) < 4.78 is 11.3. The minimum Gasteiger partial charge on any atom is -0.490 e. The van der Waals surface area contributed by atoms with Crippen molar-refractivity contribution in [3.05, 3.63) is 30.1 Å². The zero-order chi connectivity index (χ0) is 14.7. The van der Waals surface area contributed by atoms with E-state index in [2.05, 4.69) is 15.3 Å². The Kier molecular flexibility index (Phi) is 3.77. The van der Waals surface area contributed by atoms with Crippen molar-refractivity contribution in [2.45, 2.75) is 19.8 Å². The fraction of sp³-hybridized carbons (Fsp3) is 0.333. The van der Waals surface area contributed by atoms with Gasteiger partial charge in [-0.2, -0.15) is 0 Å². The maximum Gasteiger partial charge on any atom is 0.163 e. The Morgan fingerprint density at radius 3 is 2.76 bits per heavy atom. The summed E-state index contributed by atoms with van der Waals surface area (Å²) in [6.45, 7) is 3.34. The van der Waals surface area contributed by atoms with Crippen LogP contribution >= 0.6 is 0 Å². The highest BCUT2D eigenvalue weighted by molar-refractivity contribution is 5.62. The minimum absolute atomic E-state index is 0.457. The van der Waals surface area contributed by atoms with Crippen LogP contribution in [0, 0.1) is 0 Å². The first-order chi connectivity index (χ1) is 10.2. The van der Waals surface area contributed by atoms with Gasteiger partial charge in [-0.25, -0.2) is 9.97 Å². The number of benzene rings is 1. The summed E-state index contributed by atoms with van der Waals surface area (Å²) in [5.74, 6) is 3.36. The molecule has 0 saturated carbocycles. The molecule has 0 amide bonds. The lowest BCUT2D eigenvalue weighted by atomic mass is 10.2. The molecule has 0 radical (unpaired) electrons. The number of aromatic nitrogens is 2. The first kappa shape index (κ1) is 13.5. The average molecular weight is 286 g/mol. The molecule has 0 fully saturated rings. The van der Waals surface area contributed by atoms with Crippen LogP contribution in [-0.4, -0.2) is 23.2 Å². The number of nitrogens with zero attached hydrogens (tertiary/aromatic N) is 2. The van der Waals surface area contributed by atoms with Crippen LogP contribution in [0.1, 0.15) is 19.2 Å². The Hall–Kier alpha value is -2.50. The van der Waals surface area contributed by atoms with Crippen molar-refractivity contribution in [3.8, 4) is 11.5 Å². The van der Waals surface area contributed by atoms with Crippen LogP contribution in [0.4, 0.5) is 17.3 Å². The minimum atomic E-state index is 0.457. The van der Waals surface area contributed by atoms with Gasteiger partial charge in [0.25, 0.3) is 0 Å². The number of aryl methyl sites for hydroxylation is 1. The molecule has 2 heterocycles. The zero-order valence-electron chi connectivity index (χ0n) is 11.9. The molecular formula is C15H18N4O2. The van der Waals surface area contributed by atoms with Gasteiger partial charge in [-0.3, -0.25) is 0 Å². The molecule has 110 valence electrons. The van der Waals surface area contributed by atoms with Crippen LogP contribution in [0.2, 0.25) is 0 Å². The van der Waals surface area contributed by atoms with Gasteiger partial charge in [-0.1, -0.05) is 6.92 Å². The van der Waals surface area contributed by atoms with Gasteiger partial charge in [0.1, 0.15) is 17.5 Å². The van der Waals surface area contributed by atoms with E-state index in [-0.39, 0.29) is 0 Å². The number of fused-ring (bicyclic) bond motifs is 1. The Balaban J connectivity index is 1.85. The lowest BCUT2D eigenvalue weighted by molar-refractivity contribution is 0.297. The molecule has 6 heteroatoms. The molecule has 0 unspecified atom stereocenters. The predicted molar refractivity (Wildman–Crippen MR) is 81.2 cm³/mol. The van der Waals surface area contributed by atoms with E-state index in [0.717, 1.165) is 30.0 Å². The van der Waals surface area contributed by atoms with Crippen molar-refractivity contribution in [1.82, 2.24) is 9.97 Å². The summed E-state index contributed by atoms with van der Waals surface area (Å²) in [5, 5.41) is 3.22. The maximum atomic E-state index is 5.78. The fourth-order valence-corrected chi connectivity index (χ4v) is 2.13. The second-order valence-corrected chi connectivity index (χ2v) is 4.78. The van der Waals surface area contributed by atoms with Gasteiger partial charge >= 0.3 is 0 Å². The molecule has 1 aromatic heterocycles. The Morgan fingerprint density at radius 1 is 1.14 bits per heavy atom. The third kappa shape index (κ3) is 3.16.